The molecule has 19 heavy (non-hydrogen) atoms. The minimum Gasteiger partial charge on any atom is -0.373 e. The number of benzene rings is 1. The summed E-state index contributed by atoms with van der Waals surface area (Å²) in [5, 5.41) is 5.75. The fourth-order valence-electron chi connectivity index (χ4n) is 1.65. The molecule has 2 rings (SSSR count). The number of halogens is 1. The largest absolute Gasteiger partial charge is 0.373 e. The second kappa shape index (κ2) is 5.84. The first-order valence-electron chi connectivity index (χ1n) is 5.81. The smallest absolute Gasteiger partial charge is 0.256 e. The Morgan fingerprint density at radius 1 is 1.26 bits per heavy atom. The SMILES string of the molecule is CNc1ccc(NC(=O)c2cc(Br)ccc2C)cn1. The van der Waals surface area contributed by atoms with Gasteiger partial charge in [0.1, 0.15) is 5.82 Å². The summed E-state index contributed by atoms with van der Waals surface area (Å²) in [6.45, 7) is 1.91. The molecule has 0 aliphatic carbocycles. The van der Waals surface area contributed by atoms with Crippen LogP contribution in [0.4, 0.5) is 11.5 Å². The van der Waals surface area contributed by atoms with Crippen molar-refractivity contribution in [1.82, 2.24) is 4.98 Å². The number of nitrogens with one attached hydrogen (secondary N) is 2. The molecular formula is C14H14BrN3O. The molecule has 0 atom stereocenters. The molecule has 0 aliphatic heterocycles. The van der Waals surface area contributed by atoms with Gasteiger partial charge in [-0.2, -0.15) is 0 Å². The summed E-state index contributed by atoms with van der Waals surface area (Å²) in [6, 6.07) is 9.24. The predicted octanol–water partition coefficient (Wildman–Crippen LogP) is 3.45. The van der Waals surface area contributed by atoms with Crippen LogP contribution in [0.2, 0.25) is 0 Å². The normalized spacial score (nSPS) is 10.1. The van der Waals surface area contributed by atoms with Crippen molar-refractivity contribution in [2.24, 2.45) is 0 Å². The summed E-state index contributed by atoms with van der Waals surface area (Å²) in [4.78, 5) is 16.3. The van der Waals surface area contributed by atoms with Crippen LogP contribution < -0.4 is 10.6 Å². The van der Waals surface area contributed by atoms with Gasteiger partial charge in [-0.1, -0.05) is 22.0 Å². The molecule has 4 nitrogen and oxygen atoms in total. The minimum atomic E-state index is -0.141. The zero-order valence-electron chi connectivity index (χ0n) is 10.7. The minimum absolute atomic E-state index is 0.141. The number of carbonyl (C=O) groups is 1. The highest BCUT2D eigenvalue weighted by Gasteiger charge is 2.09. The second-order valence-corrected chi connectivity index (χ2v) is 5.01. The molecule has 0 aliphatic rings. The highest BCUT2D eigenvalue weighted by molar-refractivity contribution is 9.10. The van der Waals surface area contributed by atoms with Gasteiger partial charge in [0.2, 0.25) is 0 Å². The number of nitrogens with zero attached hydrogens (tertiary/aromatic N) is 1. The molecule has 98 valence electrons. The third-order valence-corrected chi connectivity index (χ3v) is 3.21. The molecule has 0 saturated carbocycles. The van der Waals surface area contributed by atoms with Crippen molar-refractivity contribution in [3.63, 3.8) is 0 Å². The van der Waals surface area contributed by atoms with Crippen molar-refractivity contribution >= 4 is 33.3 Å². The monoisotopic (exact) mass is 319 g/mol. The third kappa shape index (κ3) is 3.32. The van der Waals surface area contributed by atoms with E-state index in [1.165, 1.54) is 0 Å². The molecule has 0 bridgehead atoms. The fraction of sp³-hybridized carbons (Fsp3) is 0.143. The maximum absolute atomic E-state index is 12.2. The molecular weight excluding hydrogens is 306 g/mol. The first-order chi connectivity index (χ1) is 9.10. The van der Waals surface area contributed by atoms with E-state index in [0.717, 1.165) is 15.9 Å². The van der Waals surface area contributed by atoms with Gasteiger partial charge in [-0.05, 0) is 36.8 Å². The number of hydrogen-bond donors (Lipinski definition) is 2. The number of aryl methyl sites for hydroxylation is 1. The van der Waals surface area contributed by atoms with Gasteiger partial charge in [0.25, 0.3) is 5.91 Å². The number of aromatic nitrogens is 1. The Morgan fingerprint density at radius 2 is 2.05 bits per heavy atom. The first kappa shape index (κ1) is 13.5. The summed E-state index contributed by atoms with van der Waals surface area (Å²) >= 11 is 3.37. The van der Waals surface area contributed by atoms with Crippen LogP contribution >= 0.6 is 15.9 Å². The van der Waals surface area contributed by atoms with Crippen LogP contribution in [0.15, 0.2) is 41.0 Å². The Morgan fingerprint density at radius 3 is 2.68 bits per heavy atom. The van der Waals surface area contributed by atoms with Crippen LogP contribution in [0, 0.1) is 6.92 Å². The summed E-state index contributed by atoms with van der Waals surface area (Å²) in [6.07, 6.45) is 1.62. The van der Waals surface area contributed by atoms with Gasteiger partial charge in [-0.15, -0.1) is 0 Å². The Kier molecular flexibility index (Phi) is 4.16. The van der Waals surface area contributed by atoms with Gasteiger partial charge >= 0.3 is 0 Å². The molecule has 0 radical (unpaired) electrons. The van der Waals surface area contributed by atoms with Crippen LogP contribution in [-0.2, 0) is 0 Å². The summed E-state index contributed by atoms with van der Waals surface area (Å²) in [7, 11) is 1.80. The van der Waals surface area contributed by atoms with Gasteiger partial charge in [-0.3, -0.25) is 4.79 Å². The third-order valence-electron chi connectivity index (χ3n) is 2.72. The van der Waals surface area contributed by atoms with E-state index in [4.69, 9.17) is 0 Å². The number of hydrogen-bond acceptors (Lipinski definition) is 3. The molecule has 1 aromatic carbocycles. The average Bonchev–Trinajstić information content (AvgIpc) is 2.42. The Hall–Kier alpha value is -1.88. The molecule has 5 heteroatoms. The van der Waals surface area contributed by atoms with E-state index in [-0.39, 0.29) is 5.91 Å². The van der Waals surface area contributed by atoms with Gasteiger partial charge in [-0.25, -0.2) is 4.98 Å². The quantitative estimate of drug-likeness (QED) is 0.911. The highest BCUT2D eigenvalue weighted by atomic mass is 79.9. The van der Waals surface area contributed by atoms with Crippen molar-refractivity contribution in [2.45, 2.75) is 6.92 Å². The lowest BCUT2D eigenvalue weighted by atomic mass is 10.1. The number of carbonyl (C=O) groups excluding carboxylic acids is 1. The molecule has 1 aromatic heterocycles. The van der Waals surface area contributed by atoms with E-state index < -0.39 is 0 Å². The number of anilines is 2. The van der Waals surface area contributed by atoms with Gasteiger partial charge in [0.05, 0.1) is 11.9 Å². The van der Waals surface area contributed by atoms with Crippen molar-refractivity contribution < 1.29 is 4.79 Å². The lowest BCUT2D eigenvalue weighted by Crippen LogP contribution is -2.13. The summed E-state index contributed by atoms with van der Waals surface area (Å²) in [5.41, 5.74) is 2.25. The van der Waals surface area contributed by atoms with E-state index in [0.29, 0.717) is 11.3 Å². The van der Waals surface area contributed by atoms with Crippen molar-refractivity contribution in [1.29, 1.82) is 0 Å². The van der Waals surface area contributed by atoms with Crippen LogP contribution in [0.25, 0.3) is 0 Å². The second-order valence-electron chi connectivity index (χ2n) is 4.10. The molecule has 0 spiro atoms. The maximum Gasteiger partial charge on any atom is 0.256 e. The molecule has 2 aromatic rings. The lowest BCUT2D eigenvalue weighted by molar-refractivity contribution is 0.102. The van der Waals surface area contributed by atoms with E-state index >= 15 is 0 Å². The Bertz CT molecular complexity index is 596. The number of pyridine rings is 1. The first-order valence-corrected chi connectivity index (χ1v) is 6.61. The van der Waals surface area contributed by atoms with Crippen LogP contribution in [0.5, 0.6) is 0 Å². The van der Waals surface area contributed by atoms with E-state index in [9.17, 15) is 4.79 Å². The maximum atomic E-state index is 12.2. The van der Waals surface area contributed by atoms with Crippen molar-refractivity contribution in [3.05, 3.63) is 52.1 Å². The highest BCUT2D eigenvalue weighted by Crippen LogP contribution is 2.18. The molecule has 2 N–H and O–H groups in total. The van der Waals surface area contributed by atoms with Crippen LogP contribution in [-0.4, -0.2) is 17.9 Å². The Labute approximate surface area is 120 Å². The van der Waals surface area contributed by atoms with Gasteiger partial charge in [0, 0.05) is 17.1 Å². The molecule has 0 unspecified atom stereocenters. The summed E-state index contributed by atoms with van der Waals surface area (Å²) in [5.74, 6) is 0.620. The Balaban J connectivity index is 2.18. The van der Waals surface area contributed by atoms with E-state index in [1.807, 2.05) is 31.2 Å². The fourth-order valence-corrected chi connectivity index (χ4v) is 2.01. The number of rotatable bonds is 3. The van der Waals surface area contributed by atoms with Crippen LogP contribution in [0.1, 0.15) is 15.9 Å². The van der Waals surface area contributed by atoms with Gasteiger partial charge < -0.3 is 10.6 Å². The molecule has 1 heterocycles. The topological polar surface area (TPSA) is 54.0 Å². The molecule has 1 amide bonds. The zero-order chi connectivity index (χ0) is 13.8. The molecule has 0 fully saturated rings. The summed E-state index contributed by atoms with van der Waals surface area (Å²) < 4.78 is 0.881. The zero-order valence-corrected chi connectivity index (χ0v) is 12.3. The average molecular weight is 320 g/mol. The van der Waals surface area contributed by atoms with Crippen molar-refractivity contribution in [3.8, 4) is 0 Å². The lowest BCUT2D eigenvalue weighted by Gasteiger charge is -2.08. The molecule has 0 saturated heterocycles. The van der Waals surface area contributed by atoms with Gasteiger partial charge in [0.15, 0.2) is 0 Å². The van der Waals surface area contributed by atoms with Crippen LogP contribution in [0.3, 0.4) is 0 Å². The predicted molar refractivity (Wildman–Crippen MR) is 80.6 cm³/mol. The number of amides is 1. The standard InChI is InChI=1S/C14H14BrN3O/c1-9-3-4-10(15)7-12(9)14(19)18-11-5-6-13(16-2)17-8-11/h3-8H,1-2H3,(H,16,17)(H,18,19). The van der Waals surface area contributed by atoms with E-state index in [2.05, 4.69) is 31.5 Å². The van der Waals surface area contributed by atoms with E-state index in [1.54, 1.807) is 19.3 Å². The van der Waals surface area contributed by atoms with Crippen molar-refractivity contribution in [2.75, 3.05) is 17.7 Å².